The van der Waals surface area contributed by atoms with Crippen LogP contribution in [-0.2, 0) is 13.6 Å². The molecule has 0 aliphatic rings. The summed E-state index contributed by atoms with van der Waals surface area (Å²) in [4.78, 5) is 0.669. The molecule has 1 rings (SSSR count). The molecule has 7 heteroatoms. The highest BCUT2D eigenvalue weighted by Crippen LogP contribution is 2.49. The molecule has 0 spiro atoms. The van der Waals surface area contributed by atoms with Gasteiger partial charge in [0.25, 0.3) is 0 Å². The fourth-order valence-electron chi connectivity index (χ4n) is 1.34. The SMILES string of the molecule is CCOP(=O)(OCC)Oc1ccc(NC(C)=S)cc1. The van der Waals surface area contributed by atoms with Crippen LogP contribution in [0.1, 0.15) is 20.8 Å². The van der Waals surface area contributed by atoms with Gasteiger partial charge in [-0.15, -0.1) is 0 Å². The standard InChI is InChI=1S/C12H18NO4PS/c1-4-15-18(14,16-5-2)17-12-8-6-11(7-9-12)13-10(3)19/h6-9H,4-5H2,1-3H3,(H,13,19). The Balaban J connectivity index is 2.75. The number of thiocarbonyl (C=S) groups is 1. The Morgan fingerprint density at radius 2 is 1.74 bits per heavy atom. The maximum Gasteiger partial charge on any atom is 0.530 e. The van der Waals surface area contributed by atoms with Crippen LogP contribution in [0.4, 0.5) is 5.69 Å². The summed E-state index contributed by atoms with van der Waals surface area (Å²) < 4.78 is 27.5. The first-order valence-corrected chi connectivity index (χ1v) is 7.82. The number of anilines is 1. The van der Waals surface area contributed by atoms with Crippen LogP contribution >= 0.6 is 20.0 Å². The maximum atomic E-state index is 12.1. The van der Waals surface area contributed by atoms with Crippen molar-refractivity contribution in [2.24, 2.45) is 0 Å². The van der Waals surface area contributed by atoms with Gasteiger partial charge in [-0.2, -0.15) is 0 Å². The van der Waals surface area contributed by atoms with E-state index in [0.29, 0.717) is 10.7 Å². The lowest BCUT2D eigenvalue weighted by Gasteiger charge is -2.17. The van der Waals surface area contributed by atoms with E-state index in [9.17, 15) is 4.57 Å². The van der Waals surface area contributed by atoms with Gasteiger partial charge >= 0.3 is 7.82 Å². The summed E-state index contributed by atoms with van der Waals surface area (Å²) in [7, 11) is -3.53. The number of rotatable bonds is 7. The molecule has 0 radical (unpaired) electrons. The molecule has 19 heavy (non-hydrogen) atoms. The molecule has 5 nitrogen and oxygen atoms in total. The molecule has 106 valence electrons. The zero-order valence-electron chi connectivity index (χ0n) is 11.2. The molecule has 0 bridgehead atoms. The average Bonchev–Trinajstić information content (AvgIpc) is 2.31. The summed E-state index contributed by atoms with van der Waals surface area (Å²) in [5.41, 5.74) is 0.836. The fourth-order valence-corrected chi connectivity index (χ4v) is 2.65. The van der Waals surface area contributed by atoms with Crippen LogP contribution in [0.2, 0.25) is 0 Å². The molecule has 0 heterocycles. The van der Waals surface area contributed by atoms with Gasteiger partial charge in [0.05, 0.1) is 18.2 Å². The molecule has 1 aromatic carbocycles. The molecule has 0 atom stereocenters. The van der Waals surface area contributed by atoms with E-state index < -0.39 is 7.82 Å². The third-order valence-electron chi connectivity index (χ3n) is 1.97. The zero-order chi connectivity index (χ0) is 14.3. The molecule has 0 fully saturated rings. The van der Waals surface area contributed by atoms with Crippen LogP contribution in [0.25, 0.3) is 0 Å². The minimum Gasteiger partial charge on any atom is -0.404 e. The highest BCUT2D eigenvalue weighted by molar-refractivity contribution is 7.80. The van der Waals surface area contributed by atoms with Gasteiger partial charge in [-0.05, 0) is 45.0 Å². The van der Waals surface area contributed by atoms with Crippen LogP contribution in [0, 0.1) is 0 Å². The van der Waals surface area contributed by atoms with Crippen molar-refractivity contribution in [3.8, 4) is 5.75 Å². The normalized spacial score (nSPS) is 11.1. The maximum absolute atomic E-state index is 12.1. The van der Waals surface area contributed by atoms with Crippen LogP contribution in [0.15, 0.2) is 24.3 Å². The smallest absolute Gasteiger partial charge is 0.404 e. The largest absolute Gasteiger partial charge is 0.530 e. The molecule has 0 unspecified atom stereocenters. The Kier molecular flexibility index (Phi) is 6.45. The van der Waals surface area contributed by atoms with E-state index in [0.717, 1.165) is 5.69 Å². The van der Waals surface area contributed by atoms with Gasteiger partial charge in [0, 0.05) is 5.69 Å². The molecule has 1 aromatic rings. The predicted molar refractivity (Wildman–Crippen MR) is 79.8 cm³/mol. The summed E-state index contributed by atoms with van der Waals surface area (Å²) >= 11 is 4.94. The number of phosphoric acid groups is 1. The summed E-state index contributed by atoms with van der Waals surface area (Å²) in [6.07, 6.45) is 0. The molecular formula is C12H18NO4PS. The van der Waals surface area contributed by atoms with Gasteiger partial charge in [-0.25, -0.2) is 4.57 Å². The van der Waals surface area contributed by atoms with Gasteiger partial charge < -0.3 is 9.84 Å². The Morgan fingerprint density at radius 3 is 2.16 bits per heavy atom. The monoisotopic (exact) mass is 303 g/mol. The number of nitrogens with one attached hydrogen (secondary N) is 1. The topological polar surface area (TPSA) is 56.8 Å². The second kappa shape index (κ2) is 7.60. The highest BCUT2D eigenvalue weighted by atomic mass is 32.1. The van der Waals surface area contributed by atoms with Gasteiger partial charge in [0.1, 0.15) is 5.75 Å². The minimum absolute atomic E-state index is 0.251. The Morgan fingerprint density at radius 1 is 1.21 bits per heavy atom. The molecule has 0 amide bonds. The second-order valence-corrected chi connectivity index (χ2v) is 5.79. The molecule has 0 aliphatic heterocycles. The summed E-state index contributed by atoms with van der Waals surface area (Å²) in [6, 6.07) is 6.89. The number of hydrogen-bond donors (Lipinski definition) is 1. The van der Waals surface area contributed by atoms with Crippen LogP contribution in [-0.4, -0.2) is 18.2 Å². The van der Waals surface area contributed by atoms with Crippen molar-refractivity contribution in [3.63, 3.8) is 0 Å². The van der Waals surface area contributed by atoms with Crippen molar-refractivity contribution in [2.75, 3.05) is 18.5 Å². The number of benzene rings is 1. The van der Waals surface area contributed by atoms with Crippen molar-refractivity contribution >= 4 is 30.7 Å². The number of phosphoric ester groups is 1. The van der Waals surface area contributed by atoms with Crippen molar-refractivity contribution < 1.29 is 18.1 Å². The van der Waals surface area contributed by atoms with E-state index in [1.807, 2.05) is 0 Å². The van der Waals surface area contributed by atoms with E-state index >= 15 is 0 Å². The van der Waals surface area contributed by atoms with Crippen molar-refractivity contribution in [1.82, 2.24) is 0 Å². The Labute approximate surface area is 118 Å². The molecular weight excluding hydrogens is 285 g/mol. The third kappa shape index (κ3) is 5.70. The van der Waals surface area contributed by atoms with Gasteiger partial charge in [0.15, 0.2) is 0 Å². The van der Waals surface area contributed by atoms with E-state index in [-0.39, 0.29) is 13.2 Å². The summed E-state index contributed by atoms with van der Waals surface area (Å²) in [6.45, 7) is 5.74. The second-order valence-electron chi connectivity index (χ2n) is 3.58. The molecule has 0 saturated carbocycles. The fraction of sp³-hybridized carbons (Fsp3) is 0.417. The summed E-state index contributed by atoms with van der Waals surface area (Å²) in [5.74, 6) is 0.415. The molecule has 0 aromatic heterocycles. The molecule has 0 aliphatic carbocycles. The first-order valence-electron chi connectivity index (χ1n) is 5.95. The first-order chi connectivity index (χ1) is 8.99. The van der Waals surface area contributed by atoms with Crippen molar-refractivity contribution in [3.05, 3.63) is 24.3 Å². The summed E-state index contributed by atoms with van der Waals surface area (Å²) in [5, 5.41) is 2.99. The highest BCUT2D eigenvalue weighted by Gasteiger charge is 2.27. The predicted octanol–water partition coefficient (Wildman–Crippen LogP) is 4.01. The van der Waals surface area contributed by atoms with Crippen LogP contribution in [0.5, 0.6) is 5.75 Å². The van der Waals surface area contributed by atoms with E-state index in [2.05, 4.69) is 5.32 Å². The quantitative estimate of drug-likeness (QED) is 0.607. The van der Waals surface area contributed by atoms with Crippen LogP contribution < -0.4 is 9.84 Å². The van der Waals surface area contributed by atoms with Crippen LogP contribution in [0.3, 0.4) is 0 Å². The van der Waals surface area contributed by atoms with E-state index in [4.69, 9.17) is 25.8 Å². The number of hydrogen-bond acceptors (Lipinski definition) is 5. The van der Waals surface area contributed by atoms with E-state index in [1.165, 1.54) is 0 Å². The zero-order valence-corrected chi connectivity index (χ0v) is 12.9. The van der Waals surface area contributed by atoms with Gasteiger partial charge in [-0.1, -0.05) is 12.2 Å². The van der Waals surface area contributed by atoms with Gasteiger partial charge in [-0.3, -0.25) is 9.05 Å². The van der Waals surface area contributed by atoms with Crippen molar-refractivity contribution in [1.29, 1.82) is 0 Å². The van der Waals surface area contributed by atoms with Crippen molar-refractivity contribution in [2.45, 2.75) is 20.8 Å². The van der Waals surface area contributed by atoms with E-state index in [1.54, 1.807) is 45.0 Å². The first kappa shape index (κ1) is 16.1. The Bertz CT molecular complexity index is 453. The average molecular weight is 303 g/mol. The van der Waals surface area contributed by atoms with Gasteiger partial charge in [0.2, 0.25) is 0 Å². The Hall–Kier alpha value is -0.940. The molecule has 0 saturated heterocycles. The lowest BCUT2D eigenvalue weighted by Crippen LogP contribution is -2.04. The molecule has 1 N–H and O–H groups in total. The third-order valence-corrected chi connectivity index (χ3v) is 3.65. The lowest BCUT2D eigenvalue weighted by atomic mass is 10.3. The minimum atomic E-state index is -3.53. The lowest BCUT2D eigenvalue weighted by molar-refractivity contribution is 0.167.